The van der Waals surface area contributed by atoms with Crippen LogP contribution in [0.1, 0.15) is 11.1 Å². The molecule has 0 aromatic heterocycles. The lowest BCUT2D eigenvalue weighted by Gasteiger charge is -2.08. The van der Waals surface area contributed by atoms with Crippen molar-refractivity contribution >= 4 is 29.3 Å². The Morgan fingerprint density at radius 2 is 1.68 bits per heavy atom. The molecule has 7 nitrogen and oxygen atoms in total. The molecule has 2 N–H and O–H groups in total. The number of para-hydroxylation sites is 1. The second-order valence-electron chi connectivity index (χ2n) is 5.26. The lowest BCUT2D eigenvalue weighted by atomic mass is 10.1. The molecule has 2 aromatic rings. The summed E-state index contributed by atoms with van der Waals surface area (Å²) in [6.45, 7) is 1.98. The van der Waals surface area contributed by atoms with Gasteiger partial charge in [0.25, 0.3) is 5.69 Å². The summed E-state index contributed by atoms with van der Waals surface area (Å²) in [6.07, 6.45) is -0.192. The van der Waals surface area contributed by atoms with Crippen LogP contribution in [-0.4, -0.2) is 22.5 Å². The molecule has 0 saturated carbocycles. The van der Waals surface area contributed by atoms with Gasteiger partial charge in [-0.05, 0) is 19.1 Å². The summed E-state index contributed by atoms with van der Waals surface area (Å²) < 4.78 is 0. The Morgan fingerprint density at radius 3 is 2.36 bits per heavy atom. The van der Waals surface area contributed by atoms with Gasteiger partial charge in [-0.2, -0.15) is 0 Å². The zero-order chi connectivity index (χ0) is 18.2. The van der Waals surface area contributed by atoms with Crippen molar-refractivity contribution in [3.63, 3.8) is 0 Å². The average Bonchev–Trinajstić information content (AvgIpc) is 2.59. The maximum atomic E-state index is 11.8. The summed E-state index contributed by atoms with van der Waals surface area (Å²) in [5, 5.41) is 10.9. The van der Waals surface area contributed by atoms with Crippen molar-refractivity contribution in [2.75, 3.05) is 5.75 Å². The van der Waals surface area contributed by atoms with Crippen LogP contribution in [0.25, 0.3) is 0 Å². The number of aryl methyl sites for hydroxylation is 1. The number of benzene rings is 2. The molecule has 0 aliphatic rings. The number of nitrogens with zero attached hydrogens (tertiary/aromatic N) is 1. The van der Waals surface area contributed by atoms with E-state index in [1.54, 1.807) is 6.07 Å². The number of hydrogen-bond acceptors (Lipinski definition) is 5. The van der Waals surface area contributed by atoms with Crippen LogP contribution in [0.3, 0.4) is 0 Å². The van der Waals surface area contributed by atoms with Crippen molar-refractivity contribution in [3.8, 4) is 0 Å². The van der Waals surface area contributed by atoms with E-state index in [1.165, 1.54) is 30.0 Å². The molecular formula is C17H17N3O4S. The molecule has 0 aliphatic heterocycles. The van der Waals surface area contributed by atoms with Gasteiger partial charge in [0.2, 0.25) is 11.8 Å². The highest BCUT2D eigenvalue weighted by Crippen LogP contribution is 2.18. The highest BCUT2D eigenvalue weighted by molar-refractivity contribution is 8.00. The van der Waals surface area contributed by atoms with E-state index in [0.29, 0.717) is 0 Å². The van der Waals surface area contributed by atoms with E-state index in [0.717, 1.165) is 10.5 Å². The van der Waals surface area contributed by atoms with Gasteiger partial charge in [0, 0.05) is 16.5 Å². The molecular weight excluding hydrogens is 342 g/mol. The zero-order valence-electron chi connectivity index (χ0n) is 13.5. The maximum Gasteiger partial charge on any atom is 0.273 e. The average molecular weight is 359 g/mol. The van der Waals surface area contributed by atoms with Gasteiger partial charge in [-0.3, -0.25) is 30.6 Å². The van der Waals surface area contributed by atoms with E-state index < -0.39 is 10.8 Å². The van der Waals surface area contributed by atoms with Gasteiger partial charge in [-0.1, -0.05) is 35.9 Å². The largest absolute Gasteiger partial charge is 0.273 e. The number of carbonyl (C=O) groups is 2. The van der Waals surface area contributed by atoms with E-state index in [1.807, 2.05) is 31.2 Å². The standard InChI is InChI=1S/C17H17N3O4S/c1-12-6-8-14(9-7-12)25-11-17(22)19-18-16(21)10-13-4-2-3-5-15(13)20(23)24/h2-9H,10-11H2,1H3,(H,18,21)(H,19,22). The quantitative estimate of drug-likeness (QED) is 0.468. The monoisotopic (exact) mass is 359 g/mol. The molecule has 0 bridgehead atoms. The van der Waals surface area contributed by atoms with Gasteiger partial charge in [0.15, 0.2) is 0 Å². The number of nitro benzene ring substituents is 1. The fourth-order valence-electron chi connectivity index (χ4n) is 2.01. The smallest absolute Gasteiger partial charge is 0.273 e. The number of rotatable bonds is 6. The molecule has 0 fully saturated rings. The van der Waals surface area contributed by atoms with Crippen LogP contribution >= 0.6 is 11.8 Å². The molecule has 0 saturated heterocycles. The minimum Gasteiger partial charge on any atom is -0.273 e. The predicted octanol–water partition coefficient (Wildman–Crippen LogP) is 2.39. The first-order valence-corrected chi connectivity index (χ1v) is 8.43. The van der Waals surface area contributed by atoms with Crippen molar-refractivity contribution in [1.82, 2.24) is 10.9 Å². The topological polar surface area (TPSA) is 101 Å². The molecule has 0 unspecified atom stereocenters. The molecule has 2 amide bonds. The van der Waals surface area contributed by atoms with Crippen LogP contribution in [0.5, 0.6) is 0 Å². The Morgan fingerprint density at radius 1 is 1.04 bits per heavy atom. The highest BCUT2D eigenvalue weighted by atomic mass is 32.2. The molecule has 0 spiro atoms. The Labute approximate surface area is 148 Å². The Bertz CT molecular complexity index is 778. The summed E-state index contributed by atoms with van der Waals surface area (Å²) in [6, 6.07) is 13.7. The summed E-state index contributed by atoms with van der Waals surface area (Å²) in [5.41, 5.74) is 5.87. The fraction of sp³-hybridized carbons (Fsp3) is 0.176. The number of hydrogen-bond donors (Lipinski definition) is 2. The maximum absolute atomic E-state index is 11.8. The number of amides is 2. The molecule has 2 aromatic carbocycles. The number of thioether (sulfide) groups is 1. The molecule has 0 aliphatic carbocycles. The molecule has 0 heterocycles. The van der Waals surface area contributed by atoms with Gasteiger partial charge in [-0.15, -0.1) is 11.8 Å². The van der Waals surface area contributed by atoms with Crippen molar-refractivity contribution < 1.29 is 14.5 Å². The molecule has 8 heteroatoms. The summed E-state index contributed by atoms with van der Waals surface area (Å²) >= 11 is 1.35. The second-order valence-corrected chi connectivity index (χ2v) is 6.31. The van der Waals surface area contributed by atoms with Crippen molar-refractivity contribution in [2.45, 2.75) is 18.2 Å². The third kappa shape index (κ3) is 5.92. The molecule has 0 atom stereocenters. The molecule has 0 radical (unpaired) electrons. The van der Waals surface area contributed by atoms with Crippen molar-refractivity contribution in [3.05, 3.63) is 69.8 Å². The zero-order valence-corrected chi connectivity index (χ0v) is 14.3. The van der Waals surface area contributed by atoms with Crippen LogP contribution in [-0.2, 0) is 16.0 Å². The molecule has 130 valence electrons. The third-order valence-corrected chi connectivity index (χ3v) is 4.28. The Hall–Kier alpha value is -2.87. The first kappa shape index (κ1) is 18.5. The van der Waals surface area contributed by atoms with Gasteiger partial charge >= 0.3 is 0 Å². The highest BCUT2D eigenvalue weighted by Gasteiger charge is 2.15. The van der Waals surface area contributed by atoms with E-state index in [-0.39, 0.29) is 29.3 Å². The van der Waals surface area contributed by atoms with Crippen LogP contribution in [0.2, 0.25) is 0 Å². The van der Waals surface area contributed by atoms with Gasteiger partial charge in [0.05, 0.1) is 17.1 Å². The van der Waals surface area contributed by atoms with Crippen molar-refractivity contribution in [1.29, 1.82) is 0 Å². The van der Waals surface area contributed by atoms with Crippen molar-refractivity contribution in [2.24, 2.45) is 0 Å². The van der Waals surface area contributed by atoms with Gasteiger partial charge < -0.3 is 0 Å². The lowest BCUT2D eigenvalue weighted by Crippen LogP contribution is -2.43. The van der Waals surface area contributed by atoms with Crippen LogP contribution < -0.4 is 10.9 Å². The minimum atomic E-state index is -0.542. The number of hydrazine groups is 1. The first-order valence-electron chi connectivity index (χ1n) is 7.45. The van der Waals surface area contributed by atoms with Gasteiger partial charge in [0.1, 0.15) is 0 Å². The van der Waals surface area contributed by atoms with Crippen LogP contribution in [0.4, 0.5) is 5.69 Å². The Balaban J connectivity index is 1.79. The van der Waals surface area contributed by atoms with Gasteiger partial charge in [-0.25, -0.2) is 0 Å². The SMILES string of the molecule is Cc1ccc(SCC(=O)NNC(=O)Cc2ccccc2[N+](=O)[O-])cc1. The number of carbonyl (C=O) groups excluding carboxylic acids is 2. The molecule has 2 rings (SSSR count). The van der Waals surface area contributed by atoms with E-state index in [2.05, 4.69) is 10.9 Å². The number of nitrogens with one attached hydrogen (secondary N) is 2. The normalized spacial score (nSPS) is 10.1. The summed E-state index contributed by atoms with van der Waals surface area (Å²) in [7, 11) is 0. The van der Waals surface area contributed by atoms with E-state index >= 15 is 0 Å². The summed E-state index contributed by atoms with van der Waals surface area (Å²) in [5.74, 6) is -0.737. The first-order chi connectivity index (χ1) is 12.0. The van der Waals surface area contributed by atoms with E-state index in [9.17, 15) is 19.7 Å². The summed E-state index contributed by atoms with van der Waals surface area (Å²) in [4.78, 5) is 34.9. The van der Waals surface area contributed by atoms with Crippen LogP contribution in [0.15, 0.2) is 53.4 Å². The second kappa shape index (κ2) is 8.84. The third-order valence-electron chi connectivity index (χ3n) is 3.27. The minimum absolute atomic E-state index is 0.126. The number of nitro groups is 1. The Kier molecular flexibility index (Phi) is 6.53. The fourth-order valence-corrected chi connectivity index (χ4v) is 2.71. The van der Waals surface area contributed by atoms with E-state index in [4.69, 9.17) is 0 Å². The lowest BCUT2D eigenvalue weighted by molar-refractivity contribution is -0.385. The predicted molar refractivity (Wildman–Crippen MR) is 95.0 cm³/mol. The molecule has 25 heavy (non-hydrogen) atoms. The van der Waals surface area contributed by atoms with Crippen LogP contribution in [0, 0.1) is 17.0 Å².